The van der Waals surface area contributed by atoms with E-state index in [2.05, 4.69) is 20.5 Å². The van der Waals surface area contributed by atoms with Crippen molar-refractivity contribution >= 4 is 5.96 Å². The molecule has 1 fully saturated rings. The first-order chi connectivity index (χ1) is 8.07. The lowest BCUT2D eigenvalue weighted by molar-refractivity contribution is 0.552. The Bertz CT molecular complexity index is 490. The fourth-order valence-corrected chi connectivity index (χ4v) is 2.10. The molecule has 6 nitrogen and oxygen atoms in total. The fourth-order valence-electron chi connectivity index (χ4n) is 2.10. The Hall–Kier alpha value is -1.82. The number of guanidine groups is 1. The summed E-state index contributed by atoms with van der Waals surface area (Å²) in [5.74, 6) is 0.941. The maximum atomic E-state index is 6.23. The molecule has 1 unspecified atom stereocenters. The quantitative estimate of drug-likeness (QED) is 0.585. The molecule has 0 saturated heterocycles. The van der Waals surface area contributed by atoms with E-state index in [4.69, 9.17) is 11.5 Å². The second-order valence-corrected chi connectivity index (χ2v) is 4.76. The van der Waals surface area contributed by atoms with Crippen LogP contribution < -0.4 is 16.8 Å². The van der Waals surface area contributed by atoms with Crippen molar-refractivity contribution in [3.8, 4) is 0 Å². The molecule has 1 saturated carbocycles. The van der Waals surface area contributed by atoms with Crippen LogP contribution in [0.1, 0.15) is 37.1 Å². The number of nitrogens with two attached hydrogens (primary N) is 2. The Kier molecular flexibility index (Phi) is 2.03. The molecule has 0 spiro atoms. The molecule has 0 radical (unpaired) electrons. The molecular formula is C11H16N6. The molecule has 2 heterocycles. The summed E-state index contributed by atoms with van der Waals surface area (Å²) in [7, 11) is 0. The van der Waals surface area contributed by atoms with Crippen LogP contribution in [-0.2, 0) is 5.66 Å². The smallest absolute Gasteiger partial charge is 0.195 e. The zero-order valence-corrected chi connectivity index (χ0v) is 9.70. The van der Waals surface area contributed by atoms with Gasteiger partial charge in [-0.3, -0.25) is 10.8 Å². The molecule has 6 N–H and O–H groups in total. The number of rotatable bonds is 2. The van der Waals surface area contributed by atoms with Crippen LogP contribution in [0.25, 0.3) is 0 Å². The van der Waals surface area contributed by atoms with Gasteiger partial charge in [-0.1, -0.05) is 0 Å². The van der Waals surface area contributed by atoms with Crippen LogP contribution in [0, 0.1) is 0 Å². The first-order valence-corrected chi connectivity index (χ1v) is 5.73. The first kappa shape index (κ1) is 10.3. The highest BCUT2D eigenvalue weighted by Crippen LogP contribution is 2.40. The Balaban J connectivity index is 1.97. The molecule has 1 atom stereocenters. The molecule has 1 aliphatic carbocycles. The monoisotopic (exact) mass is 232 g/mol. The molecule has 2 aliphatic rings. The van der Waals surface area contributed by atoms with Gasteiger partial charge < -0.3 is 11.1 Å². The molecule has 1 aromatic rings. The molecule has 17 heavy (non-hydrogen) atoms. The van der Waals surface area contributed by atoms with Gasteiger partial charge in [-0.05, 0) is 31.9 Å². The summed E-state index contributed by atoms with van der Waals surface area (Å²) in [6, 6.07) is 1.99. The third kappa shape index (κ3) is 1.80. The van der Waals surface area contributed by atoms with Crippen LogP contribution in [0.4, 0.5) is 0 Å². The number of nitrogens with one attached hydrogen (secondary N) is 2. The molecule has 1 aliphatic heterocycles. The summed E-state index contributed by atoms with van der Waals surface area (Å²) in [5.41, 5.74) is 13.7. The second-order valence-electron chi connectivity index (χ2n) is 4.76. The van der Waals surface area contributed by atoms with Crippen molar-refractivity contribution in [2.75, 3.05) is 0 Å². The highest BCUT2D eigenvalue weighted by atomic mass is 15.2. The lowest BCUT2D eigenvalue weighted by atomic mass is 10.0. The van der Waals surface area contributed by atoms with Gasteiger partial charge in [-0.15, -0.1) is 0 Å². The number of nitrogens with zero attached hydrogens (tertiary/aromatic N) is 2. The van der Waals surface area contributed by atoms with Gasteiger partial charge in [0, 0.05) is 17.3 Å². The zero-order chi connectivity index (χ0) is 12.0. The van der Waals surface area contributed by atoms with Crippen molar-refractivity contribution < 1.29 is 0 Å². The van der Waals surface area contributed by atoms with Crippen LogP contribution in [0.5, 0.6) is 0 Å². The third-order valence-electron chi connectivity index (χ3n) is 3.09. The minimum Gasteiger partial charge on any atom is -0.370 e. The summed E-state index contributed by atoms with van der Waals surface area (Å²) < 4.78 is 0. The SMILES string of the molecule is CC1=CC(N)(c2cc(C3CC3)[nH]n2)N=C(N)N1. The number of aromatic nitrogens is 2. The number of H-pyrrole nitrogens is 1. The molecule has 90 valence electrons. The first-order valence-electron chi connectivity index (χ1n) is 5.73. The topological polar surface area (TPSA) is 105 Å². The van der Waals surface area contributed by atoms with Crippen LogP contribution in [0.3, 0.4) is 0 Å². The number of aliphatic imine (C=N–C) groups is 1. The van der Waals surface area contributed by atoms with Gasteiger partial charge in [0.2, 0.25) is 0 Å². The Morgan fingerprint density at radius 1 is 1.47 bits per heavy atom. The van der Waals surface area contributed by atoms with E-state index in [9.17, 15) is 0 Å². The summed E-state index contributed by atoms with van der Waals surface area (Å²) in [6.45, 7) is 1.90. The largest absolute Gasteiger partial charge is 0.370 e. The molecule has 1 aromatic heterocycles. The van der Waals surface area contributed by atoms with Crippen molar-refractivity contribution in [1.29, 1.82) is 0 Å². The highest BCUT2D eigenvalue weighted by molar-refractivity contribution is 5.81. The molecule has 6 heteroatoms. The van der Waals surface area contributed by atoms with Gasteiger partial charge in [0.25, 0.3) is 0 Å². The van der Waals surface area contributed by atoms with Crippen molar-refractivity contribution in [2.24, 2.45) is 16.5 Å². The highest BCUT2D eigenvalue weighted by Gasteiger charge is 2.33. The summed E-state index contributed by atoms with van der Waals surface area (Å²) in [6.07, 6.45) is 4.28. The van der Waals surface area contributed by atoms with Crippen molar-refractivity contribution in [3.63, 3.8) is 0 Å². The predicted octanol–water partition coefficient (Wildman–Crippen LogP) is 0.220. The van der Waals surface area contributed by atoms with E-state index >= 15 is 0 Å². The summed E-state index contributed by atoms with van der Waals surface area (Å²) in [5, 5.41) is 10.2. The van der Waals surface area contributed by atoms with E-state index in [1.807, 2.05) is 19.1 Å². The molecule has 3 rings (SSSR count). The molecular weight excluding hydrogens is 216 g/mol. The Labute approximate surface area is 99.2 Å². The Morgan fingerprint density at radius 3 is 2.88 bits per heavy atom. The van der Waals surface area contributed by atoms with Gasteiger partial charge in [0.15, 0.2) is 11.6 Å². The van der Waals surface area contributed by atoms with Crippen molar-refractivity contribution in [1.82, 2.24) is 15.5 Å². The average molecular weight is 232 g/mol. The second kappa shape index (κ2) is 3.33. The van der Waals surface area contributed by atoms with Crippen LogP contribution in [-0.4, -0.2) is 16.2 Å². The van der Waals surface area contributed by atoms with E-state index in [0.717, 1.165) is 11.4 Å². The minimum atomic E-state index is -0.955. The molecule has 0 bridgehead atoms. The van der Waals surface area contributed by atoms with Crippen LogP contribution >= 0.6 is 0 Å². The Morgan fingerprint density at radius 2 is 2.24 bits per heavy atom. The van der Waals surface area contributed by atoms with Gasteiger partial charge in [-0.2, -0.15) is 5.10 Å². The van der Waals surface area contributed by atoms with E-state index < -0.39 is 5.66 Å². The van der Waals surface area contributed by atoms with E-state index in [1.54, 1.807) is 0 Å². The average Bonchev–Trinajstić information content (AvgIpc) is 2.93. The third-order valence-corrected chi connectivity index (χ3v) is 3.09. The van der Waals surface area contributed by atoms with E-state index in [1.165, 1.54) is 12.8 Å². The van der Waals surface area contributed by atoms with Crippen LogP contribution in [0.15, 0.2) is 22.8 Å². The van der Waals surface area contributed by atoms with Crippen LogP contribution in [0.2, 0.25) is 0 Å². The lowest BCUT2D eigenvalue weighted by Crippen LogP contribution is -2.44. The van der Waals surface area contributed by atoms with E-state index in [0.29, 0.717) is 17.6 Å². The number of allylic oxidation sites excluding steroid dienone is 1. The van der Waals surface area contributed by atoms with Gasteiger partial charge in [0.05, 0.1) is 0 Å². The maximum absolute atomic E-state index is 6.23. The van der Waals surface area contributed by atoms with Gasteiger partial charge in [0.1, 0.15) is 5.69 Å². The van der Waals surface area contributed by atoms with Crippen molar-refractivity contribution in [3.05, 3.63) is 29.2 Å². The van der Waals surface area contributed by atoms with Crippen molar-refractivity contribution in [2.45, 2.75) is 31.3 Å². The lowest BCUT2D eigenvalue weighted by Gasteiger charge is -2.25. The fraction of sp³-hybridized carbons (Fsp3) is 0.455. The number of hydrogen-bond acceptors (Lipinski definition) is 5. The number of aromatic amines is 1. The summed E-state index contributed by atoms with van der Waals surface area (Å²) >= 11 is 0. The predicted molar refractivity (Wildman–Crippen MR) is 64.9 cm³/mol. The normalized spacial score (nSPS) is 28.4. The zero-order valence-electron chi connectivity index (χ0n) is 9.70. The van der Waals surface area contributed by atoms with Gasteiger partial charge >= 0.3 is 0 Å². The molecule has 0 aromatic carbocycles. The van der Waals surface area contributed by atoms with Gasteiger partial charge in [-0.25, -0.2) is 4.99 Å². The maximum Gasteiger partial charge on any atom is 0.195 e. The van der Waals surface area contributed by atoms with E-state index in [-0.39, 0.29) is 0 Å². The molecule has 0 amide bonds. The summed E-state index contributed by atoms with van der Waals surface area (Å²) in [4.78, 5) is 4.23. The minimum absolute atomic E-state index is 0.323. The standard InChI is InChI=1S/C11H16N6/c1-6-5-11(13,15-10(12)14-6)9-4-8(16-17-9)7-2-3-7/h4-5,7H,2-3,13H2,1H3,(H,16,17)(H3,12,14,15). The number of hydrogen-bond donors (Lipinski definition) is 4.